The number of hydrogen-bond acceptors (Lipinski definition) is 6. The maximum atomic E-state index is 13.3. The number of benzene rings is 2. The van der Waals surface area contributed by atoms with Gasteiger partial charge in [0.15, 0.2) is 0 Å². The van der Waals surface area contributed by atoms with Crippen molar-refractivity contribution in [1.82, 2.24) is 14.5 Å². The lowest BCUT2D eigenvalue weighted by atomic mass is 10.1. The standard InChI is InChI=1S/C29H32N4O5S/c1-20-11-13-21(14-12-20)18-30-25(34)10-4-3-7-16-32-28(36)27-23(15-17-39-27)33(29(32)37)19-26(35)31-22-8-5-6-9-24(22)38-2/h5-6,8-9,11-15,17H,3-4,7,10,16,18-19H2,1-2H3,(H,30,34)(H,31,35). The van der Waals surface area contributed by atoms with E-state index in [0.29, 0.717) is 53.9 Å². The number of aryl methyl sites for hydroxylation is 1. The van der Waals surface area contributed by atoms with Gasteiger partial charge in [0.2, 0.25) is 11.8 Å². The quantitative estimate of drug-likeness (QED) is 0.260. The Morgan fingerprint density at radius 1 is 0.923 bits per heavy atom. The lowest BCUT2D eigenvalue weighted by Gasteiger charge is -2.13. The lowest BCUT2D eigenvalue weighted by molar-refractivity contribution is -0.121. The molecule has 0 fully saturated rings. The summed E-state index contributed by atoms with van der Waals surface area (Å²) in [6.07, 6.45) is 2.26. The van der Waals surface area contributed by atoms with E-state index in [1.807, 2.05) is 31.2 Å². The first-order valence-corrected chi connectivity index (χ1v) is 13.7. The van der Waals surface area contributed by atoms with Crippen LogP contribution in [0.4, 0.5) is 5.69 Å². The summed E-state index contributed by atoms with van der Waals surface area (Å²) < 4.78 is 8.22. The van der Waals surface area contributed by atoms with Gasteiger partial charge >= 0.3 is 5.69 Å². The number of ether oxygens (including phenoxy) is 1. The molecule has 2 heterocycles. The molecular weight excluding hydrogens is 516 g/mol. The number of fused-ring (bicyclic) bond motifs is 1. The number of para-hydroxylation sites is 2. The van der Waals surface area contributed by atoms with Crippen LogP contribution in [-0.4, -0.2) is 28.1 Å². The number of amides is 2. The van der Waals surface area contributed by atoms with Crippen LogP contribution in [0, 0.1) is 6.92 Å². The Hall–Kier alpha value is -4.18. The molecule has 0 unspecified atom stereocenters. The van der Waals surface area contributed by atoms with Crippen LogP contribution >= 0.6 is 11.3 Å². The number of rotatable bonds is 12. The van der Waals surface area contributed by atoms with Crippen LogP contribution in [0.2, 0.25) is 0 Å². The molecule has 0 aliphatic heterocycles. The van der Waals surface area contributed by atoms with E-state index < -0.39 is 11.6 Å². The molecule has 0 aliphatic rings. The van der Waals surface area contributed by atoms with Gasteiger partial charge in [-0.25, -0.2) is 4.79 Å². The minimum atomic E-state index is -0.531. The SMILES string of the molecule is COc1ccccc1NC(=O)Cn1c(=O)n(CCCCCC(=O)NCc2ccc(C)cc2)c(=O)c2sccc21. The van der Waals surface area contributed by atoms with Crippen LogP contribution < -0.4 is 26.6 Å². The van der Waals surface area contributed by atoms with E-state index in [2.05, 4.69) is 10.6 Å². The number of carbonyl (C=O) groups excluding carboxylic acids is 2. The molecule has 0 saturated carbocycles. The number of hydrogen-bond donors (Lipinski definition) is 2. The number of carbonyl (C=O) groups is 2. The van der Waals surface area contributed by atoms with Crippen LogP contribution in [-0.2, 0) is 29.2 Å². The van der Waals surface area contributed by atoms with Crippen molar-refractivity contribution in [3.8, 4) is 5.75 Å². The number of unbranched alkanes of at least 4 members (excludes halogenated alkanes) is 2. The minimum Gasteiger partial charge on any atom is -0.495 e. The summed E-state index contributed by atoms with van der Waals surface area (Å²) >= 11 is 1.24. The van der Waals surface area contributed by atoms with E-state index in [1.165, 1.54) is 33.1 Å². The fraction of sp³-hybridized carbons (Fsp3) is 0.310. The molecule has 0 atom stereocenters. The van der Waals surface area contributed by atoms with Gasteiger partial charge < -0.3 is 15.4 Å². The summed E-state index contributed by atoms with van der Waals surface area (Å²) in [5.41, 5.74) is 2.26. The molecule has 204 valence electrons. The second kappa shape index (κ2) is 13.1. The molecule has 2 aromatic carbocycles. The first-order valence-electron chi connectivity index (χ1n) is 12.8. The zero-order chi connectivity index (χ0) is 27.8. The second-order valence-electron chi connectivity index (χ2n) is 9.28. The average molecular weight is 549 g/mol. The molecule has 2 amide bonds. The fourth-order valence-electron chi connectivity index (χ4n) is 4.29. The van der Waals surface area contributed by atoms with Gasteiger partial charge in [-0.1, -0.05) is 48.4 Å². The fourth-order valence-corrected chi connectivity index (χ4v) is 5.13. The molecule has 10 heteroatoms. The lowest BCUT2D eigenvalue weighted by Crippen LogP contribution is -2.41. The molecule has 0 saturated heterocycles. The summed E-state index contributed by atoms with van der Waals surface area (Å²) in [6.45, 7) is 2.47. The van der Waals surface area contributed by atoms with Crippen molar-refractivity contribution in [2.75, 3.05) is 12.4 Å². The van der Waals surface area contributed by atoms with Gasteiger partial charge in [0.05, 0.1) is 18.3 Å². The highest BCUT2D eigenvalue weighted by atomic mass is 32.1. The van der Waals surface area contributed by atoms with Gasteiger partial charge in [-0.05, 0) is 48.9 Å². The van der Waals surface area contributed by atoms with Crippen molar-refractivity contribution in [1.29, 1.82) is 0 Å². The van der Waals surface area contributed by atoms with Crippen LogP contribution in [0.3, 0.4) is 0 Å². The molecule has 0 bridgehead atoms. The van der Waals surface area contributed by atoms with Crippen LogP contribution in [0.15, 0.2) is 69.6 Å². The van der Waals surface area contributed by atoms with Gasteiger partial charge in [-0.3, -0.25) is 23.5 Å². The maximum Gasteiger partial charge on any atom is 0.332 e. The molecule has 9 nitrogen and oxygen atoms in total. The second-order valence-corrected chi connectivity index (χ2v) is 10.2. The van der Waals surface area contributed by atoms with Crippen molar-refractivity contribution in [3.05, 3.63) is 91.9 Å². The number of nitrogens with one attached hydrogen (secondary N) is 2. The molecule has 4 rings (SSSR count). The molecule has 4 aromatic rings. The largest absolute Gasteiger partial charge is 0.495 e. The van der Waals surface area contributed by atoms with E-state index in [0.717, 1.165) is 5.56 Å². The normalized spacial score (nSPS) is 10.9. The number of aromatic nitrogens is 2. The van der Waals surface area contributed by atoms with Crippen molar-refractivity contribution in [3.63, 3.8) is 0 Å². The Morgan fingerprint density at radius 3 is 2.46 bits per heavy atom. The number of nitrogens with zero attached hydrogens (tertiary/aromatic N) is 2. The predicted octanol–water partition coefficient (Wildman–Crippen LogP) is 4.06. The zero-order valence-corrected chi connectivity index (χ0v) is 22.9. The monoisotopic (exact) mass is 548 g/mol. The summed E-state index contributed by atoms with van der Waals surface area (Å²) in [5, 5.41) is 7.43. The van der Waals surface area contributed by atoms with E-state index in [9.17, 15) is 19.2 Å². The van der Waals surface area contributed by atoms with E-state index >= 15 is 0 Å². The van der Waals surface area contributed by atoms with E-state index in [4.69, 9.17) is 4.74 Å². The number of thiophene rings is 1. The Morgan fingerprint density at radius 2 is 1.69 bits per heavy atom. The first kappa shape index (κ1) is 27.8. The van der Waals surface area contributed by atoms with Gasteiger partial charge in [0.25, 0.3) is 5.56 Å². The highest BCUT2D eigenvalue weighted by Gasteiger charge is 2.17. The summed E-state index contributed by atoms with van der Waals surface area (Å²) in [5.74, 6) is 0.0692. The number of anilines is 1. The van der Waals surface area contributed by atoms with E-state index in [1.54, 1.807) is 35.7 Å². The maximum absolute atomic E-state index is 13.3. The van der Waals surface area contributed by atoms with Crippen LogP contribution in [0.25, 0.3) is 10.2 Å². The number of methoxy groups -OCH3 is 1. The summed E-state index contributed by atoms with van der Waals surface area (Å²) in [4.78, 5) is 51.3. The summed E-state index contributed by atoms with van der Waals surface area (Å²) in [6, 6.07) is 16.7. The highest BCUT2D eigenvalue weighted by molar-refractivity contribution is 7.17. The smallest absolute Gasteiger partial charge is 0.332 e. The van der Waals surface area contributed by atoms with Crippen molar-refractivity contribution in [2.45, 2.75) is 52.2 Å². The molecule has 0 spiro atoms. The van der Waals surface area contributed by atoms with Gasteiger partial charge in [0, 0.05) is 19.5 Å². The molecule has 0 aliphatic carbocycles. The molecule has 39 heavy (non-hydrogen) atoms. The van der Waals surface area contributed by atoms with Gasteiger partial charge in [-0.15, -0.1) is 11.3 Å². The topological polar surface area (TPSA) is 111 Å². The van der Waals surface area contributed by atoms with Crippen molar-refractivity contribution in [2.24, 2.45) is 0 Å². The van der Waals surface area contributed by atoms with Crippen molar-refractivity contribution >= 4 is 39.1 Å². The van der Waals surface area contributed by atoms with Gasteiger partial charge in [0.1, 0.15) is 17.0 Å². The zero-order valence-electron chi connectivity index (χ0n) is 22.1. The van der Waals surface area contributed by atoms with Crippen LogP contribution in [0.1, 0.15) is 36.8 Å². The predicted molar refractivity (Wildman–Crippen MR) is 153 cm³/mol. The third-order valence-corrected chi connectivity index (χ3v) is 7.31. The average Bonchev–Trinajstić information content (AvgIpc) is 3.43. The Balaban J connectivity index is 1.35. The van der Waals surface area contributed by atoms with Gasteiger partial charge in [-0.2, -0.15) is 0 Å². The van der Waals surface area contributed by atoms with Crippen LogP contribution in [0.5, 0.6) is 5.75 Å². The third kappa shape index (κ3) is 7.02. The molecule has 0 radical (unpaired) electrons. The summed E-state index contributed by atoms with van der Waals surface area (Å²) in [7, 11) is 1.51. The van der Waals surface area contributed by atoms with E-state index in [-0.39, 0.29) is 24.6 Å². The third-order valence-electron chi connectivity index (χ3n) is 6.42. The Kier molecular flexibility index (Phi) is 9.32. The first-order chi connectivity index (χ1) is 18.9. The molecular formula is C29H32N4O5S. The minimum absolute atomic E-state index is 0.0313. The Bertz CT molecular complexity index is 1570. The Labute approximate surface area is 230 Å². The highest BCUT2D eigenvalue weighted by Crippen LogP contribution is 2.23. The molecule has 2 N–H and O–H groups in total. The molecule has 2 aromatic heterocycles. The van der Waals surface area contributed by atoms with Crippen molar-refractivity contribution < 1.29 is 14.3 Å².